The molecule has 0 atom stereocenters. The summed E-state index contributed by atoms with van der Waals surface area (Å²) < 4.78 is 0. The average molecular weight is 443 g/mol. The Morgan fingerprint density at radius 1 is 1.06 bits per heavy atom. The van der Waals surface area contributed by atoms with Gasteiger partial charge in [0.15, 0.2) is 0 Å². The molecule has 6 heteroatoms. The third-order valence-electron chi connectivity index (χ3n) is 6.30. The Bertz CT molecular complexity index is 995. The number of carboxylic acid groups (broad SMARTS) is 1. The van der Waals surface area contributed by atoms with Crippen LogP contribution in [-0.4, -0.2) is 29.9 Å². The van der Waals surface area contributed by atoms with E-state index in [2.05, 4.69) is 56.7 Å². The van der Waals surface area contributed by atoms with Crippen LogP contribution in [0.5, 0.6) is 0 Å². The number of aromatic carboxylic acids is 1. The number of hydrogen-bond acceptors (Lipinski definition) is 4. The molecule has 0 radical (unpaired) electrons. The van der Waals surface area contributed by atoms with Gasteiger partial charge in [-0.1, -0.05) is 51.0 Å². The van der Waals surface area contributed by atoms with Crippen molar-refractivity contribution in [1.29, 1.82) is 0 Å². The monoisotopic (exact) mass is 442 g/mol. The third-order valence-corrected chi connectivity index (χ3v) is 6.49. The van der Waals surface area contributed by atoms with Crippen LogP contribution in [0.3, 0.4) is 0 Å². The number of carboxylic acids is 1. The van der Waals surface area contributed by atoms with Crippen molar-refractivity contribution in [1.82, 2.24) is 4.84 Å². The van der Waals surface area contributed by atoms with Gasteiger partial charge in [-0.3, -0.25) is 0 Å². The van der Waals surface area contributed by atoms with Crippen molar-refractivity contribution in [2.24, 2.45) is 5.16 Å². The molecule has 0 aliphatic heterocycles. The van der Waals surface area contributed by atoms with Gasteiger partial charge in [-0.25, -0.2) is 9.63 Å². The fraction of sp³-hybridized carbons (Fsp3) is 0.440. The number of hydrogen-bond donors (Lipinski definition) is 2. The minimum Gasteiger partial charge on any atom is -0.478 e. The Hall–Kier alpha value is -2.37. The summed E-state index contributed by atoms with van der Waals surface area (Å²) in [6.07, 6.45) is 2.27. The topological polar surface area (TPSA) is 70.9 Å². The van der Waals surface area contributed by atoms with E-state index >= 15 is 0 Å². The molecular formula is C25H31ClN2O3. The van der Waals surface area contributed by atoms with E-state index in [1.54, 1.807) is 24.3 Å². The highest BCUT2D eigenvalue weighted by molar-refractivity contribution is 6.14. The highest BCUT2D eigenvalue weighted by Crippen LogP contribution is 2.46. The summed E-state index contributed by atoms with van der Waals surface area (Å²) in [5.41, 5.74) is 6.74. The first-order valence-electron chi connectivity index (χ1n) is 10.6. The van der Waals surface area contributed by atoms with E-state index in [9.17, 15) is 9.90 Å². The van der Waals surface area contributed by atoms with E-state index in [0.29, 0.717) is 18.9 Å². The standard InChI is InChI=1S/C25H31ClN2O3/c1-16-14-20-21(25(4,5)11-10-24(20,2)3)15-19(16)22(28-31-13-12-27-26)17-6-8-18(9-7-17)23(29)30/h6-9,14-15,27H,10-13H2,1-5H3,(H,29,30). The van der Waals surface area contributed by atoms with Gasteiger partial charge in [0, 0.05) is 17.7 Å². The van der Waals surface area contributed by atoms with Gasteiger partial charge < -0.3 is 9.94 Å². The molecule has 2 N–H and O–H groups in total. The van der Waals surface area contributed by atoms with Gasteiger partial charge in [-0.2, -0.15) is 0 Å². The van der Waals surface area contributed by atoms with Gasteiger partial charge in [0.25, 0.3) is 0 Å². The lowest BCUT2D eigenvalue weighted by atomic mass is 9.62. The van der Waals surface area contributed by atoms with E-state index < -0.39 is 5.97 Å². The van der Waals surface area contributed by atoms with Gasteiger partial charge in [-0.05, 0) is 77.3 Å². The van der Waals surface area contributed by atoms with Crippen LogP contribution in [0.1, 0.15) is 78.7 Å². The molecule has 2 aromatic rings. The Morgan fingerprint density at radius 2 is 1.61 bits per heavy atom. The van der Waals surface area contributed by atoms with E-state index in [4.69, 9.17) is 16.6 Å². The second-order valence-electron chi connectivity index (χ2n) is 9.52. The molecule has 3 rings (SSSR count). The van der Waals surface area contributed by atoms with E-state index in [0.717, 1.165) is 29.5 Å². The largest absolute Gasteiger partial charge is 0.478 e. The summed E-state index contributed by atoms with van der Waals surface area (Å²) in [5, 5.41) is 13.7. The summed E-state index contributed by atoms with van der Waals surface area (Å²) in [6.45, 7) is 12.1. The normalized spacial score (nSPS) is 17.2. The van der Waals surface area contributed by atoms with Crippen molar-refractivity contribution in [2.45, 2.75) is 58.3 Å². The molecule has 1 aliphatic carbocycles. The minimum absolute atomic E-state index is 0.0645. The molecule has 0 saturated heterocycles. The average Bonchev–Trinajstić information content (AvgIpc) is 2.72. The van der Waals surface area contributed by atoms with Crippen LogP contribution < -0.4 is 4.84 Å². The van der Waals surface area contributed by atoms with Crippen molar-refractivity contribution < 1.29 is 14.7 Å². The molecule has 0 saturated carbocycles. The SMILES string of the molecule is Cc1cc2c(cc1C(=NOCCNCl)c1ccc(C(=O)O)cc1)C(C)(C)CCC2(C)C. The first-order chi connectivity index (χ1) is 14.6. The molecule has 5 nitrogen and oxygen atoms in total. The number of rotatable bonds is 7. The number of oxime groups is 1. The van der Waals surface area contributed by atoms with Gasteiger partial charge in [0.1, 0.15) is 12.3 Å². The van der Waals surface area contributed by atoms with E-state index in [-0.39, 0.29) is 16.4 Å². The van der Waals surface area contributed by atoms with Crippen LogP contribution in [0.2, 0.25) is 0 Å². The maximum absolute atomic E-state index is 11.3. The fourth-order valence-electron chi connectivity index (χ4n) is 4.20. The third kappa shape index (κ3) is 4.94. The number of aryl methyl sites for hydroxylation is 1. The van der Waals surface area contributed by atoms with Crippen molar-refractivity contribution in [3.05, 3.63) is 69.8 Å². The molecule has 0 aromatic heterocycles. The summed E-state index contributed by atoms with van der Waals surface area (Å²) >= 11 is 5.53. The fourth-order valence-corrected chi connectivity index (χ4v) is 4.28. The zero-order valence-electron chi connectivity index (χ0n) is 18.9. The maximum atomic E-state index is 11.3. The lowest BCUT2D eigenvalue weighted by molar-refractivity contribution is 0.0697. The number of nitrogens with zero attached hydrogens (tertiary/aromatic N) is 1. The Kier molecular flexibility index (Phi) is 6.77. The molecular weight excluding hydrogens is 412 g/mol. The zero-order valence-corrected chi connectivity index (χ0v) is 19.6. The number of halogens is 1. The van der Waals surface area contributed by atoms with Crippen molar-refractivity contribution >= 4 is 23.5 Å². The predicted octanol–water partition coefficient (Wildman–Crippen LogP) is 5.55. The highest BCUT2D eigenvalue weighted by Gasteiger charge is 2.37. The van der Waals surface area contributed by atoms with Crippen LogP contribution in [0.15, 0.2) is 41.6 Å². The smallest absolute Gasteiger partial charge is 0.335 e. The first kappa shape index (κ1) is 23.3. The number of fused-ring (bicyclic) bond motifs is 1. The second kappa shape index (κ2) is 9.01. The maximum Gasteiger partial charge on any atom is 0.335 e. The van der Waals surface area contributed by atoms with Crippen molar-refractivity contribution in [2.75, 3.05) is 13.2 Å². The Morgan fingerprint density at radius 3 is 2.16 bits per heavy atom. The molecule has 166 valence electrons. The van der Waals surface area contributed by atoms with Crippen molar-refractivity contribution in [3.63, 3.8) is 0 Å². The molecule has 0 unspecified atom stereocenters. The van der Waals surface area contributed by atoms with E-state index in [1.807, 2.05) is 0 Å². The van der Waals surface area contributed by atoms with Gasteiger partial charge in [0.2, 0.25) is 0 Å². The van der Waals surface area contributed by atoms with Crippen LogP contribution in [0.4, 0.5) is 0 Å². The number of benzene rings is 2. The van der Waals surface area contributed by atoms with E-state index in [1.165, 1.54) is 11.1 Å². The van der Waals surface area contributed by atoms with Gasteiger partial charge in [0.05, 0.1) is 5.56 Å². The molecule has 2 aromatic carbocycles. The molecule has 0 heterocycles. The van der Waals surface area contributed by atoms with Gasteiger partial charge in [-0.15, -0.1) is 0 Å². The molecule has 1 aliphatic rings. The first-order valence-corrected chi connectivity index (χ1v) is 11.0. The lowest BCUT2D eigenvalue weighted by Crippen LogP contribution is -2.34. The van der Waals surface area contributed by atoms with Crippen LogP contribution in [0.25, 0.3) is 0 Å². The predicted molar refractivity (Wildman–Crippen MR) is 125 cm³/mol. The van der Waals surface area contributed by atoms with Crippen molar-refractivity contribution in [3.8, 4) is 0 Å². The Labute approximate surface area is 189 Å². The Balaban J connectivity index is 2.14. The molecule has 0 amide bonds. The number of carbonyl (C=O) groups is 1. The van der Waals surface area contributed by atoms with Crippen LogP contribution in [-0.2, 0) is 15.7 Å². The molecule has 0 fully saturated rings. The summed E-state index contributed by atoms with van der Waals surface area (Å²) in [7, 11) is 0. The van der Waals surface area contributed by atoms with Gasteiger partial charge >= 0.3 is 5.97 Å². The minimum atomic E-state index is -0.955. The summed E-state index contributed by atoms with van der Waals surface area (Å²) in [5.74, 6) is -0.955. The zero-order chi connectivity index (χ0) is 22.8. The molecule has 0 spiro atoms. The quantitative estimate of drug-likeness (QED) is 0.255. The number of nitrogens with one attached hydrogen (secondary N) is 1. The summed E-state index contributed by atoms with van der Waals surface area (Å²) in [6, 6.07) is 11.3. The van der Waals surface area contributed by atoms with Crippen LogP contribution >= 0.6 is 11.8 Å². The molecule has 31 heavy (non-hydrogen) atoms. The lowest BCUT2D eigenvalue weighted by Gasteiger charge is -2.42. The highest BCUT2D eigenvalue weighted by atomic mass is 35.5. The van der Waals surface area contributed by atoms with Crippen LogP contribution in [0, 0.1) is 6.92 Å². The molecule has 0 bridgehead atoms. The summed E-state index contributed by atoms with van der Waals surface area (Å²) in [4.78, 5) is 19.3. The second-order valence-corrected chi connectivity index (χ2v) is 9.79.